The first-order chi connectivity index (χ1) is 13.0. The predicted octanol–water partition coefficient (Wildman–Crippen LogP) is 3.48. The molecule has 1 aliphatic heterocycles. The third-order valence-electron chi connectivity index (χ3n) is 4.61. The second-order valence-electron chi connectivity index (χ2n) is 6.34. The van der Waals surface area contributed by atoms with E-state index in [9.17, 15) is 9.18 Å². The molecule has 2 heterocycles. The monoisotopic (exact) mass is 392 g/mol. The Morgan fingerprint density at radius 2 is 2.00 bits per heavy atom. The van der Waals surface area contributed by atoms with Crippen LogP contribution in [0.5, 0.6) is 5.75 Å². The molecule has 1 saturated heterocycles. The number of rotatable bonds is 4. The van der Waals surface area contributed by atoms with E-state index < -0.39 is 11.9 Å². The van der Waals surface area contributed by atoms with Crippen LogP contribution >= 0.6 is 11.6 Å². The zero-order chi connectivity index (χ0) is 19.4. The van der Waals surface area contributed by atoms with E-state index in [2.05, 4.69) is 15.2 Å². The molecule has 1 aliphatic rings. The predicted molar refractivity (Wildman–Crippen MR) is 103 cm³/mol. The summed E-state index contributed by atoms with van der Waals surface area (Å²) >= 11 is 5.87. The smallest absolute Gasteiger partial charge is 0.317 e. The van der Waals surface area contributed by atoms with E-state index in [1.54, 1.807) is 36.2 Å². The van der Waals surface area contributed by atoms with Crippen LogP contribution in [-0.4, -0.2) is 49.2 Å². The normalized spacial score (nSPS) is 15.4. The van der Waals surface area contributed by atoms with Crippen LogP contribution in [0, 0.1) is 5.82 Å². The Hall–Kier alpha value is -2.54. The summed E-state index contributed by atoms with van der Waals surface area (Å²) < 4.78 is 19.4. The van der Waals surface area contributed by atoms with Gasteiger partial charge in [-0.25, -0.2) is 14.2 Å². The van der Waals surface area contributed by atoms with Crippen LogP contribution in [0.1, 0.15) is 18.5 Å². The molecule has 6 nitrogen and oxygen atoms in total. The third-order valence-corrected chi connectivity index (χ3v) is 4.83. The first kappa shape index (κ1) is 19.2. The van der Waals surface area contributed by atoms with Crippen LogP contribution in [0.3, 0.4) is 0 Å². The standard InChI is InChI=1S/C19H22ClFN4O2/c1-13(18-15(21)4-3-5-16(18)27-2)23-19(26)25-10-8-24(9-11-25)17-7-6-14(20)12-22-17/h3-7,12-13H,8-11H2,1-2H3,(H,23,26). The molecule has 0 aliphatic carbocycles. The topological polar surface area (TPSA) is 57.7 Å². The third kappa shape index (κ3) is 4.42. The number of ether oxygens (including phenoxy) is 1. The molecular weight excluding hydrogens is 371 g/mol. The number of benzene rings is 1. The molecular formula is C19H22ClFN4O2. The second-order valence-corrected chi connectivity index (χ2v) is 6.77. The van der Waals surface area contributed by atoms with Gasteiger partial charge in [0.25, 0.3) is 0 Å². The van der Waals surface area contributed by atoms with Crippen LogP contribution in [0.2, 0.25) is 5.02 Å². The number of pyridine rings is 1. The van der Waals surface area contributed by atoms with Gasteiger partial charge in [0.05, 0.1) is 23.7 Å². The van der Waals surface area contributed by atoms with Crippen molar-refractivity contribution in [3.05, 3.63) is 52.9 Å². The van der Waals surface area contributed by atoms with Gasteiger partial charge in [-0.05, 0) is 31.2 Å². The Labute approximate surface area is 162 Å². The van der Waals surface area contributed by atoms with Gasteiger partial charge in [-0.2, -0.15) is 0 Å². The van der Waals surface area contributed by atoms with Crippen LogP contribution in [0.15, 0.2) is 36.5 Å². The van der Waals surface area contributed by atoms with E-state index in [0.717, 1.165) is 5.82 Å². The first-order valence-electron chi connectivity index (χ1n) is 8.74. The van der Waals surface area contributed by atoms with E-state index in [-0.39, 0.29) is 6.03 Å². The summed E-state index contributed by atoms with van der Waals surface area (Å²) in [6, 6.07) is 7.55. The molecule has 0 saturated carbocycles. The molecule has 2 aromatic rings. The summed E-state index contributed by atoms with van der Waals surface area (Å²) in [5.41, 5.74) is 0.345. The minimum atomic E-state index is -0.510. The Balaban J connectivity index is 1.59. The van der Waals surface area contributed by atoms with E-state index in [4.69, 9.17) is 16.3 Å². The number of carbonyl (C=O) groups excluding carboxylic acids is 1. The molecule has 1 N–H and O–H groups in total. The van der Waals surface area contributed by atoms with Gasteiger partial charge in [-0.3, -0.25) is 0 Å². The quantitative estimate of drug-likeness (QED) is 0.865. The minimum absolute atomic E-state index is 0.225. The molecule has 1 unspecified atom stereocenters. The molecule has 2 amide bonds. The van der Waals surface area contributed by atoms with Gasteiger partial charge >= 0.3 is 6.03 Å². The molecule has 1 aromatic carbocycles. The number of carbonyl (C=O) groups is 1. The van der Waals surface area contributed by atoms with Gasteiger partial charge in [-0.1, -0.05) is 17.7 Å². The van der Waals surface area contributed by atoms with E-state index in [1.807, 2.05) is 6.07 Å². The molecule has 0 radical (unpaired) electrons. The fraction of sp³-hybridized carbons (Fsp3) is 0.368. The Morgan fingerprint density at radius 1 is 1.26 bits per heavy atom. The summed E-state index contributed by atoms with van der Waals surface area (Å²) in [7, 11) is 1.48. The zero-order valence-corrected chi connectivity index (χ0v) is 16.0. The lowest BCUT2D eigenvalue weighted by molar-refractivity contribution is 0.190. The van der Waals surface area contributed by atoms with Crippen molar-refractivity contribution in [2.45, 2.75) is 13.0 Å². The van der Waals surface area contributed by atoms with Crippen molar-refractivity contribution in [2.75, 3.05) is 38.2 Å². The van der Waals surface area contributed by atoms with Gasteiger partial charge in [0.1, 0.15) is 17.4 Å². The highest BCUT2D eigenvalue weighted by atomic mass is 35.5. The summed E-state index contributed by atoms with van der Waals surface area (Å²) in [5.74, 6) is 0.853. The van der Waals surface area contributed by atoms with Gasteiger partial charge in [0.2, 0.25) is 0 Å². The number of hydrogen-bond acceptors (Lipinski definition) is 4. The number of halogens is 2. The number of piperazine rings is 1. The number of aromatic nitrogens is 1. The van der Waals surface area contributed by atoms with Crippen molar-refractivity contribution in [1.82, 2.24) is 15.2 Å². The Kier molecular flexibility index (Phi) is 6.01. The summed E-state index contributed by atoms with van der Waals surface area (Å²) in [6.07, 6.45) is 1.61. The lowest BCUT2D eigenvalue weighted by atomic mass is 10.1. The first-order valence-corrected chi connectivity index (χ1v) is 9.11. The summed E-state index contributed by atoms with van der Waals surface area (Å²) in [4.78, 5) is 20.7. The Bertz CT molecular complexity index is 795. The molecule has 3 rings (SSSR count). The number of hydrogen-bond donors (Lipinski definition) is 1. The highest BCUT2D eigenvalue weighted by Crippen LogP contribution is 2.27. The summed E-state index contributed by atoms with van der Waals surface area (Å²) in [6.45, 7) is 4.18. The highest BCUT2D eigenvalue weighted by molar-refractivity contribution is 6.30. The maximum absolute atomic E-state index is 14.2. The van der Waals surface area contributed by atoms with Crippen LogP contribution in [0.4, 0.5) is 15.0 Å². The second kappa shape index (κ2) is 8.43. The number of amides is 2. The van der Waals surface area contributed by atoms with Crippen LogP contribution in [0.25, 0.3) is 0 Å². The van der Waals surface area contributed by atoms with Gasteiger partial charge in [0.15, 0.2) is 0 Å². The average Bonchev–Trinajstić information content (AvgIpc) is 2.68. The lowest BCUT2D eigenvalue weighted by Crippen LogP contribution is -2.52. The van der Waals surface area contributed by atoms with E-state index in [1.165, 1.54) is 13.2 Å². The molecule has 0 spiro atoms. The van der Waals surface area contributed by atoms with Crippen molar-refractivity contribution >= 4 is 23.4 Å². The number of urea groups is 1. The fourth-order valence-electron chi connectivity index (χ4n) is 3.16. The van der Waals surface area contributed by atoms with Gasteiger partial charge in [-0.15, -0.1) is 0 Å². The SMILES string of the molecule is COc1cccc(F)c1C(C)NC(=O)N1CCN(c2ccc(Cl)cn2)CC1. The van der Waals surface area contributed by atoms with Gasteiger partial charge < -0.3 is 19.9 Å². The average molecular weight is 393 g/mol. The van der Waals surface area contributed by atoms with Crippen molar-refractivity contribution < 1.29 is 13.9 Å². The zero-order valence-electron chi connectivity index (χ0n) is 15.3. The molecule has 8 heteroatoms. The molecule has 27 heavy (non-hydrogen) atoms. The number of nitrogens with zero attached hydrogens (tertiary/aromatic N) is 3. The fourth-order valence-corrected chi connectivity index (χ4v) is 3.27. The van der Waals surface area contributed by atoms with Crippen molar-refractivity contribution in [3.8, 4) is 5.75 Å². The molecule has 1 fully saturated rings. The van der Waals surface area contributed by atoms with Gasteiger partial charge in [0, 0.05) is 32.4 Å². The van der Waals surface area contributed by atoms with Crippen molar-refractivity contribution in [2.24, 2.45) is 0 Å². The number of nitrogens with one attached hydrogen (secondary N) is 1. The van der Waals surface area contributed by atoms with E-state index >= 15 is 0 Å². The number of methoxy groups -OCH3 is 1. The maximum Gasteiger partial charge on any atom is 0.317 e. The van der Waals surface area contributed by atoms with Crippen LogP contribution in [-0.2, 0) is 0 Å². The molecule has 1 atom stereocenters. The van der Waals surface area contributed by atoms with Crippen molar-refractivity contribution in [1.29, 1.82) is 0 Å². The number of anilines is 1. The molecule has 0 bridgehead atoms. The van der Waals surface area contributed by atoms with Crippen LogP contribution < -0.4 is 15.0 Å². The minimum Gasteiger partial charge on any atom is -0.496 e. The molecule has 144 valence electrons. The highest BCUT2D eigenvalue weighted by Gasteiger charge is 2.25. The Morgan fingerprint density at radius 3 is 2.63 bits per heavy atom. The maximum atomic E-state index is 14.2. The lowest BCUT2D eigenvalue weighted by Gasteiger charge is -2.36. The molecule has 1 aromatic heterocycles. The largest absolute Gasteiger partial charge is 0.496 e. The van der Waals surface area contributed by atoms with E-state index in [0.29, 0.717) is 42.5 Å². The summed E-state index contributed by atoms with van der Waals surface area (Å²) in [5, 5.41) is 3.45. The van der Waals surface area contributed by atoms with Crippen molar-refractivity contribution in [3.63, 3.8) is 0 Å².